The molecule has 1 aromatic rings. The lowest BCUT2D eigenvalue weighted by Crippen LogP contribution is -2.34. The molecule has 0 spiro atoms. The third kappa shape index (κ3) is 2.81. The highest BCUT2D eigenvalue weighted by atomic mass is 32.1. The second kappa shape index (κ2) is 4.43. The van der Waals surface area contributed by atoms with Gasteiger partial charge in [0.2, 0.25) is 0 Å². The third-order valence-corrected chi connectivity index (χ3v) is 2.96. The van der Waals surface area contributed by atoms with Crippen LogP contribution < -0.4 is 0 Å². The highest BCUT2D eigenvalue weighted by Crippen LogP contribution is 2.17. The van der Waals surface area contributed by atoms with Crippen LogP contribution in [0.5, 0.6) is 0 Å². The number of nitrogens with zero attached hydrogens (tertiary/aromatic N) is 3. The Morgan fingerprint density at radius 2 is 2.18 bits per heavy atom. The lowest BCUT2D eigenvalue weighted by atomic mass is 10.1. The van der Waals surface area contributed by atoms with Crippen molar-refractivity contribution in [2.24, 2.45) is 9.98 Å². The average Bonchev–Trinajstić information content (AvgIpc) is 2.83. The highest BCUT2D eigenvalue weighted by Gasteiger charge is 2.18. The number of rotatable bonds is 2. The van der Waals surface area contributed by atoms with E-state index >= 15 is 0 Å². The first kappa shape index (κ1) is 12.0. The lowest BCUT2D eigenvalue weighted by Gasteiger charge is -2.27. The maximum atomic E-state index is 9.79. The minimum Gasteiger partial charge on any atom is -0.288 e. The minimum atomic E-state index is -0.346. The van der Waals surface area contributed by atoms with Crippen LogP contribution in [-0.4, -0.2) is 27.9 Å². The maximum Gasteiger partial charge on any atom is 0.160 e. The summed E-state index contributed by atoms with van der Waals surface area (Å²) >= 11 is 1.61. The molecular formula is C12H15N3OS. The molecule has 17 heavy (non-hydrogen) atoms. The van der Waals surface area contributed by atoms with Crippen molar-refractivity contribution in [2.75, 3.05) is 0 Å². The van der Waals surface area contributed by atoms with Crippen LogP contribution in [0.25, 0.3) is 0 Å². The summed E-state index contributed by atoms with van der Waals surface area (Å²) in [6.07, 6.45) is 3.24. The number of thiophene rings is 1. The topological polar surface area (TPSA) is 48.2 Å². The molecule has 0 radical (unpaired) electrons. The van der Waals surface area contributed by atoms with Gasteiger partial charge in [-0.05, 0) is 32.2 Å². The van der Waals surface area contributed by atoms with Gasteiger partial charge in [-0.1, -0.05) is 0 Å². The van der Waals surface area contributed by atoms with Crippen molar-refractivity contribution in [3.63, 3.8) is 0 Å². The first-order valence-electron chi connectivity index (χ1n) is 5.32. The van der Waals surface area contributed by atoms with Gasteiger partial charge in [-0.25, -0.2) is 9.98 Å². The van der Waals surface area contributed by atoms with Crippen LogP contribution in [-0.2, 0) is 0 Å². The van der Waals surface area contributed by atoms with Crippen molar-refractivity contribution in [3.05, 3.63) is 34.3 Å². The maximum absolute atomic E-state index is 9.79. The fraction of sp³-hybridized carbons (Fsp3) is 0.333. The molecule has 1 N–H and O–H groups in total. The lowest BCUT2D eigenvalue weighted by molar-refractivity contribution is -0.110. The van der Waals surface area contributed by atoms with Gasteiger partial charge in [0.25, 0.3) is 0 Å². The second-order valence-corrected chi connectivity index (χ2v) is 5.56. The summed E-state index contributed by atoms with van der Waals surface area (Å²) in [6, 6.07) is 1.98. The molecule has 1 aromatic heterocycles. The monoisotopic (exact) mass is 249 g/mol. The molecule has 4 nitrogen and oxygen atoms in total. The Kier molecular flexibility index (Phi) is 3.13. The zero-order chi connectivity index (χ0) is 12.5. The molecule has 0 saturated carbocycles. The normalized spacial score (nSPS) is 17.6. The Balaban J connectivity index is 2.18. The minimum absolute atomic E-state index is 0.346. The van der Waals surface area contributed by atoms with Gasteiger partial charge >= 0.3 is 0 Å². The number of hydrogen-bond acceptors (Lipinski definition) is 5. The van der Waals surface area contributed by atoms with Crippen LogP contribution in [0.1, 0.15) is 26.3 Å². The first-order chi connectivity index (χ1) is 7.97. The first-order valence-corrected chi connectivity index (χ1v) is 6.26. The van der Waals surface area contributed by atoms with E-state index in [-0.39, 0.29) is 5.54 Å². The zero-order valence-corrected chi connectivity index (χ0v) is 10.9. The van der Waals surface area contributed by atoms with Gasteiger partial charge in [0.1, 0.15) is 5.70 Å². The summed E-state index contributed by atoms with van der Waals surface area (Å²) in [6.45, 7) is 5.75. The summed E-state index contributed by atoms with van der Waals surface area (Å²) in [5.41, 5.74) is 1.32. The summed E-state index contributed by atoms with van der Waals surface area (Å²) in [4.78, 5) is 8.56. The number of amidine groups is 1. The second-order valence-electron chi connectivity index (χ2n) is 4.77. The van der Waals surface area contributed by atoms with Crippen LogP contribution in [0.4, 0.5) is 0 Å². The van der Waals surface area contributed by atoms with Crippen molar-refractivity contribution < 1.29 is 5.21 Å². The predicted octanol–water partition coefficient (Wildman–Crippen LogP) is 2.91. The summed E-state index contributed by atoms with van der Waals surface area (Å²) in [7, 11) is 0. The molecule has 0 saturated heterocycles. The van der Waals surface area contributed by atoms with Crippen LogP contribution in [0, 0.1) is 0 Å². The Labute approximate surface area is 105 Å². The predicted molar refractivity (Wildman–Crippen MR) is 70.8 cm³/mol. The van der Waals surface area contributed by atoms with Gasteiger partial charge in [-0.3, -0.25) is 10.3 Å². The molecule has 0 bridgehead atoms. The van der Waals surface area contributed by atoms with E-state index in [4.69, 9.17) is 0 Å². The van der Waals surface area contributed by atoms with Crippen molar-refractivity contribution in [3.8, 4) is 0 Å². The molecule has 0 atom stereocenters. The molecule has 0 aromatic carbocycles. The Bertz CT molecular complexity index is 480. The largest absolute Gasteiger partial charge is 0.288 e. The molecule has 1 aliphatic rings. The molecule has 2 rings (SSSR count). The average molecular weight is 249 g/mol. The van der Waals surface area contributed by atoms with Gasteiger partial charge in [-0.2, -0.15) is 11.3 Å². The fourth-order valence-corrected chi connectivity index (χ4v) is 1.85. The quantitative estimate of drug-likeness (QED) is 0.819. The van der Waals surface area contributed by atoms with E-state index in [1.807, 2.05) is 37.6 Å². The van der Waals surface area contributed by atoms with Crippen LogP contribution in [0.3, 0.4) is 0 Å². The SMILES string of the molecule is CC(C)(C)N(O)/C=C1\C=NC(c2ccsc2)=N1. The van der Waals surface area contributed by atoms with E-state index in [0.717, 1.165) is 10.6 Å². The molecular weight excluding hydrogens is 234 g/mol. The number of hydroxylamine groups is 2. The zero-order valence-electron chi connectivity index (χ0n) is 10.1. The molecule has 0 unspecified atom stereocenters. The van der Waals surface area contributed by atoms with Crippen LogP contribution >= 0.6 is 11.3 Å². The molecule has 0 aliphatic carbocycles. The number of aliphatic imine (C=N–C) groups is 2. The van der Waals surface area contributed by atoms with E-state index in [1.54, 1.807) is 23.8 Å². The molecule has 2 heterocycles. The standard InChI is InChI=1S/C12H15N3OS/c1-12(2,3)15(16)7-10-6-13-11(14-10)9-4-5-17-8-9/h4-8,16H,1-3H3/b10-7+. The van der Waals surface area contributed by atoms with Gasteiger partial charge in [0.05, 0.1) is 18.0 Å². The van der Waals surface area contributed by atoms with Crippen LogP contribution in [0.2, 0.25) is 0 Å². The highest BCUT2D eigenvalue weighted by molar-refractivity contribution is 7.08. The van der Waals surface area contributed by atoms with Gasteiger partial charge in [0, 0.05) is 10.9 Å². The Morgan fingerprint density at radius 1 is 1.41 bits per heavy atom. The van der Waals surface area contributed by atoms with E-state index in [0.29, 0.717) is 11.5 Å². The van der Waals surface area contributed by atoms with Crippen molar-refractivity contribution in [1.82, 2.24) is 5.06 Å². The van der Waals surface area contributed by atoms with Gasteiger partial charge in [0.15, 0.2) is 5.84 Å². The van der Waals surface area contributed by atoms with Crippen molar-refractivity contribution in [1.29, 1.82) is 0 Å². The fourth-order valence-electron chi connectivity index (χ4n) is 1.22. The summed E-state index contributed by atoms with van der Waals surface area (Å²) in [5, 5.41) is 14.9. The van der Waals surface area contributed by atoms with Crippen molar-refractivity contribution in [2.45, 2.75) is 26.3 Å². The molecule has 90 valence electrons. The van der Waals surface area contributed by atoms with E-state index in [2.05, 4.69) is 9.98 Å². The molecule has 0 fully saturated rings. The smallest absolute Gasteiger partial charge is 0.160 e. The van der Waals surface area contributed by atoms with Crippen molar-refractivity contribution >= 4 is 23.4 Å². The molecule has 0 amide bonds. The summed E-state index contributed by atoms with van der Waals surface area (Å²) < 4.78 is 0. The number of allylic oxidation sites excluding steroid dienone is 1. The Hall–Kier alpha value is -1.46. The van der Waals surface area contributed by atoms with Crippen LogP contribution in [0.15, 0.2) is 38.7 Å². The number of hydrogen-bond donors (Lipinski definition) is 1. The molecule has 5 heteroatoms. The molecule has 1 aliphatic heterocycles. The van der Waals surface area contributed by atoms with E-state index in [1.165, 1.54) is 0 Å². The van der Waals surface area contributed by atoms with E-state index < -0.39 is 0 Å². The summed E-state index contributed by atoms with van der Waals surface area (Å²) in [5.74, 6) is 0.694. The third-order valence-electron chi connectivity index (χ3n) is 2.28. The van der Waals surface area contributed by atoms with E-state index in [9.17, 15) is 5.21 Å². The van der Waals surface area contributed by atoms with Gasteiger partial charge in [-0.15, -0.1) is 0 Å². The van der Waals surface area contributed by atoms with Gasteiger partial charge < -0.3 is 0 Å². The Morgan fingerprint density at radius 3 is 2.76 bits per heavy atom.